The minimum atomic E-state index is 0.789. The van der Waals surface area contributed by atoms with E-state index < -0.39 is 0 Å². The molecular formula is C13H12N4. The van der Waals surface area contributed by atoms with Crippen LogP contribution in [0, 0.1) is 0 Å². The van der Waals surface area contributed by atoms with E-state index in [0.29, 0.717) is 0 Å². The van der Waals surface area contributed by atoms with Crippen LogP contribution in [-0.4, -0.2) is 20.0 Å². The zero-order valence-electron chi connectivity index (χ0n) is 9.54. The van der Waals surface area contributed by atoms with Gasteiger partial charge in [-0.1, -0.05) is 24.3 Å². The molecular weight excluding hydrogens is 212 g/mol. The van der Waals surface area contributed by atoms with Crippen LogP contribution in [0.4, 0.5) is 0 Å². The van der Waals surface area contributed by atoms with E-state index in [1.54, 1.807) is 10.9 Å². The number of hydrogen-bond donors (Lipinski definition) is 0. The summed E-state index contributed by atoms with van der Waals surface area (Å²) in [4.78, 5) is 4.30. The van der Waals surface area contributed by atoms with Crippen LogP contribution in [0.15, 0.2) is 42.6 Å². The van der Waals surface area contributed by atoms with Crippen molar-refractivity contribution in [2.24, 2.45) is 0 Å². The van der Waals surface area contributed by atoms with Crippen molar-refractivity contribution in [2.45, 2.75) is 13.3 Å². The summed E-state index contributed by atoms with van der Waals surface area (Å²) < 4.78 is 1.76. The smallest absolute Gasteiger partial charge is 0.183 e. The van der Waals surface area contributed by atoms with E-state index in [4.69, 9.17) is 0 Å². The molecule has 0 aliphatic rings. The molecule has 0 saturated carbocycles. The van der Waals surface area contributed by atoms with Crippen LogP contribution >= 0.6 is 0 Å². The van der Waals surface area contributed by atoms with Gasteiger partial charge in [0.2, 0.25) is 0 Å². The summed E-state index contributed by atoms with van der Waals surface area (Å²) in [5, 5.41) is 8.21. The minimum Gasteiger partial charge on any atom is -0.235 e. The number of fused-ring (bicyclic) bond motifs is 1. The second-order valence-electron chi connectivity index (χ2n) is 3.87. The largest absolute Gasteiger partial charge is 0.235 e. The van der Waals surface area contributed by atoms with Gasteiger partial charge < -0.3 is 0 Å². The summed E-state index contributed by atoms with van der Waals surface area (Å²) >= 11 is 0. The zero-order chi connectivity index (χ0) is 11.7. The standard InChI is InChI=1S/C13H12N4/c1-2-10-5-7-11(8-6-10)17-13-12(15-16-17)4-3-9-14-13/h3-9H,2H2,1H3. The molecule has 3 aromatic rings. The van der Waals surface area contributed by atoms with Crippen LogP contribution in [0.1, 0.15) is 12.5 Å². The second kappa shape index (κ2) is 3.97. The van der Waals surface area contributed by atoms with Crippen molar-refractivity contribution >= 4 is 11.2 Å². The molecule has 0 N–H and O–H groups in total. The summed E-state index contributed by atoms with van der Waals surface area (Å²) in [5.41, 5.74) is 3.90. The fraction of sp³-hybridized carbons (Fsp3) is 0.154. The zero-order valence-corrected chi connectivity index (χ0v) is 9.54. The van der Waals surface area contributed by atoms with Gasteiger partial charge in [-0.25, -0.2) is 4.98 Å². The molecule has 1 aromatic carbocycles. The van der Waals surface area contributed by atoms with Crippen molar-refractivity contribution in [1.29, 1.82) is 0 Å². The van der Waals surface area contributed by atoms with Gasteiger partial charge >= 0.3 is 0 Å². The van der Waals surface area contributed by atoms with E-state index >= 15 is 0 Å². The van der Waals surface area contributed by atoms with Crippen molar-refractivity contribution < 1.29 is 0 Å². The maximum Gasteiger partial charge on any atom is 0.183 e. The minimum absolute atomic E-state index is 0.789. The predicted octanol–water partition coefficient (Wildman–Crippen LogP) is 2.38. The normalized spacial score (nSPS) is 10.9. The lowest BCUT2D eigenvalue weighted by molar-refractivity contribution is 0.816. The van der Waals surface area contributed by atoms with E-state index in [2.05, 4.69) is 34.4 Å². The van der Waals surface area contributed by atoms with Crippen LogP contribution < -0.4 is 0 Å². The Labute approximate surface area is 98.9 Å². The maximum absolute atomic E-state index is 4.30. The molecule has 4 heteroatoms. The Kier molecular flexibility index (Phi) is 2.33. The van der Waals surface area contributed by atoms with Crippen molar-refractivity contribution in [3.05, 3.63) is 48.2 Å². The molecule has 0 bridgehead atoms. The van der Waals surface area contributed by atoms with Crippen LogP contribution in [0.25, 0.3) is 16.9 Å². The van der Waals surface area contributed by atoms with Crippen LogP contribution in [-0.2, 0) is 6.42 Å². The predicted molar refractivity (Wildman–Crippen MR) is 66.0 cm³/mol. The second-order valence-corrected chi connectivity index (χ2v) is 3.87. The molecule has 0 aliphatic heterocycles. The molecule has 4 nitrogen and oxygen atoms in total. The first-order valence-electron chi connectivity index (χ1n) is 5.64. The molecule has 0 radical (unpaired) electrons. The van der Waals surface area contributed by atoms with E-state index in [1.165, 1.54) is 5.56 Å². The number of rotatable bonds is 2. The van der Waals surface area contributed by atoms with Crippen molar-refractivity contribution in [3.8, 4) is 5.69 Å². The molecule has 0 spiro atoms. The third kappa shape index (κ3) is 1.67. The highest BCUT2D eigenvalue weighted by Gasteiger charge is 2.06. The van der Waals surface area contributed by atoms with E-state index in [-0.39, 0.29) is 0 Å². The van der Waals surface area contributed by atoms with Gasteiger partial charge in [0.1, 0.15) is 5.52 Å². The Balaban J connectivity index is 2.13. The first-order valence-corrected chi connectivity index (χ1v) is 5.64. The lowest BCUT2D eigenvalue weighted by atomic mass is 10.1. The summed E-state index contributed by atoms with van der Waals surface area (Å²) in [5.74, 6) is 0. The van der Waals surface area contributed by atoms with Crippen molar-refractivity contribution in [3.63, 3.8) is 0 Å². The maximum atomic E-state index is 4.30. The van der Waals surface area contributed by atoms with E-state index in [0.717, 1.165) is 23.3 Å². The number of aromatic nitrogens is 4. The highest BCUT2D eigenvalue weighted by Crippen LogP contribution is 2.14. The third-order valence-corrected chi connectivity index (χ3v) is 2.80. The van der Waals surface area contributed by atoms with Gasteiger partial charge in [-0.3, -0.25) is 0 Å². The molecule has 0 atom stereocenters. The summed E-state index contributed by atoms with van der Waals surface area (Å²) in [6.07, 6.45) is 2.79. The summed E-state index contributed by atoms with van der Waals surface area (Å²) in [7, 11) is 0. The SMILES string of the molecule is CCc1ccc(-n2nnc3cccnc32)cc1. The Hall–Kier alpha value is -2.23. The average Bonchev–Trinajstić information content (AvgIpc) is 2.83. The lowest BCUT2D eigenvalue weighted by Crippen LogP contribution is -1.97. The monoisotopic (exact) mass is 224 g/mol. The first kappa shape index (κ1) is 9.96. The highest BCUT2D eigenvalue weighted by molar-refractivity contribution is 5.71. The number of hydrogen-bond acceptors (Lipinski definition) is 3. The summed E-state index contributed by atoms with van der Waals surface area (Å²) in [6, 6.07) is 12.1. The van der Waals surface area contributed by atoms with Gasteiger partial charge in [0.05, 0.1) is 5.69 Å². The quantitative estimate of drug-likeness (QED) is 0.671. The molecule has 0 fully saturated rings. The van der Waals surface area contributed by atoms with Gasteiger partial charge in [0.15, 0.2) is 5.65 Å². The van der Waals surface area contributed by atoms with Crippen LogP contribution in [0.3, 0.4) is 0 Å². The number of aryl methyl sites for hydroxylation is 1. The van der Waals surface area contributed by atoms with Gasteiger partial charge in [-0.2, -0.15) is 4.68 Å². The van der Waals surface area contributed by atoms with Gasteiger partial charge in [-0.05, 0) is 36.2 Å². The van der Waals surface area contributed by atoms with E-state index in [9.17, 15) is 0 Å². The fourth-order valence-corrected chi connectivity index (χ4v) is 1.81. The van der Waals surface area contributed by atoms with Crippen LogP contribution in [0.2, 0.25) is 0 Å². The van der Waals surface area contributed by atoms with E-state index in [1.807, 2.05) is 24.3 Å². The van der Waals surface area contributed by atoms with Gasteiger partial charge in [0.25, 0.3) is 0 Å². The Morgan fingerprint density at radius 2 is 1.94 bits per heavy atom. The molecule has 0 unspecified atom stereocenters. The van der Waals surface area contributed by atoms with Gasteiger partial charge in [0, 0.05) is 6.20 Å². The highest BCUT2D eigenvalue weighted by atomic mass is 15.4. The molecule has 2 heterocycles. The molecule has 0 amide bonds. The number of pyridine rings is 1. The average molecular weight is 224 g/mol. The first-order chi connectivity index (χ1) is 8.38. The molecule has 3 rings (SSSR count). The number of benzene rings is 1. The molecule has 0 saturated heterocycles. The molecule has 0 aliphatic carbocycles. The number of nitrogens with zero attached hydrogens (tertiary/aromatic N) is 4. The fourth-order valence-electron chi connectivity index (χ4n) is 1.81. The Morgan fingerprint density at radius 3 is 2.71 bits per heavy atom. The molecule has 2 aromatic heterocycles. The van der Waals surface area contributed by atoms with Gasteiger partial charge in [-0.15, -0.1) is 5.10 Å². The Morgan fingerprint density at radius 1 is 1.12 bits per heavy atom. The molecule has 17 heavy (non-hydrogen) atoms. The van der Waals surface area contributed by atoms with Crippen LogP contribution in [0.5, 0.6) is 0 Å². The van der Waals surface area contributed by atoms with Crippen molar-refractivity contribution in [1.82, 2.24) is 20.0 Å². The third-order valence-electron chi connectivity index (χ3n) is 2.80. The topological polar surface area (TPSA) is 43.6 Å². The Bertz CT molecular complexity index is 640. The summed E-state index contributed by atoms with van der Waals surface area (Å²) in [6.45, 7) is 2.14. The molecule has 84 valence electrons. The van der Waals surface area contributed by atoms with Crippen molar-refractivity contribution in [2.75, 3.05) is 0 Å². The lowest BCUT2D eigenvalue weighted by Gasteiger charge is -2.02.